The van der Waals surface area contributed by atoms with E-state index in [4.69, 9.17) is 14.2 Å². The normalized spacial score (nSPS) is 22.4. The fourth-order valence-electron chi connectivity index (χ4n) is 4.72. The molecule has 1 rings (SSSR count). The minimum atomic E-state index is -0.382. The van der Waals surface area contributed by atoms with E-state index in [0.717, 1.165) is 58.2 Å². The molecule has 0 aromatic carbocycles. The predicted molar refractivity (Wildman–Crippen MR) is 128 cm³/mol. The van der Waals surface area contributed by atoms with Crippen LogP contribution < -0.4 is 0 Å². The Morgan fingerprint density at radius 2 is 1.29 bits per heavy atom. The Morgan fingerprint density at radius 1 is 0.806 bits per heavy atom. The van der Waals surface area contributed by atoms with Gasteiger partial charge in [-0.1, -0.05) is 33.1 Å². The molecule has 1 radical (unpaired) electrons. The van der Waals surface area contributed by atoms with E-state index in [9.17, 15) is 5.21 Å². The van der Waals surface area contributed by atoms with Crippen molar-refractivity contribution >= 4 is 0 Å². The molecule has 3 atom stereocenters. The molecule has 1 aliphatic heterocycles. The Hall–Kier alpha value is -0.200. The summed E-state index contributed by atoms with van der Waals surface area (Å²) < 4.78 is 18.3. The quantitative estimate of drug-likeness (QED) is 0.249. The second-order valence-corrected chi connectivity index (χ2v) is 10.9. The van der Waals surface area contributed by atoms with Gasteiger partial charge in [-0.15, -0.1) is 10.3 Å². The molecule has 0 aromatic rings. The summed E-state index contributed by atoms with van der Waals surface area (Å²) in [6, 6.07) is 0. The largest absolute Gasteiger partial charge is 0.379 e. The summed E-state index contributed by atoms with van der Waals surface area (Å²) in [6.07, 6.45) is 11.5. The Morgan fingerprint density at radius 3 is 1.77 bits per heavy atom. The van der Waals surface area contributed by atoms with Crippen LogP contribution in [0.4, 0.5) is 0 Å². The molecule has 3 unspecified atom stereocenters. The molecule has 0 spiro atoms. The van der Waals surface area contributed by atoms with E-state index in [2.05, 4.69) is 27.7 Å². The molecule has 0 amide bonds. The van der Waals surface area contributed by atoms with Crippen LogP contribution in [0.3, 0.4) is 0 Å². The molecule has 31 heavy (non-hydrogen) atoms. The third-order valence-corrected chi connectivity index (χ3v) is 6.66. The maximum absolute atomic E-state index is 12.6. The average molecular weight is 443 g/mol. The van der Waals surface area contributed by atoms with E-state index in [-0.39, 0.29) is 29.4 Å². The van der Waals surface area contributed by atoms with Crippen LogP contribution in [0.25, 0.3) is 0 Å². The highest BCUT2D eigenvalue weighted by atomic mass is 16.5. The van der Waals surface area contributed by atoms with Crippen molar-refractivity contribution in [3.8, 4) is 0 Å². The van der Waals surface area contributed by atoms with Gasteiger partial charge in [-0.3, -0.25) is 0 Å². The first-order valence-corrected chi connectivity index (χ1v) is 12.9. The van der Waals surface area contributed by atoms with Gasteiger partial charge in [0, 0.05) is 24.3 Å². The highest BCUT2D eigenvalue weighted by molar-refractivity contribution is 4.96. The monoisotopic (exact) mass is 442 g/mol. The van der Waals surface area contributed by atoms with Gasteiger partial charge < -0.3 is 14.2 Å². The number of ether oxygens (including phenoxy) is 3. The third kappa shape index (κ3) is 11.0. The van der Waals surface area contributed by atoms with Gasteiger partial charge in [-0.05, 0) is 86.5 Å². The molecule has 1 saturated heterocycles. The van der Waals surface area contributed by atoms with Crippen molar-refractivity contribution in [3.05, 3.63) is 0 Å². The van der Waals surface area contributed by atoms with Crippen LogP contribution >= 0.6 is 0 Å². The fraction of sp³-hybridized carbons (Fsp3) is 1.00. The van der Waals surface area contributed by atoms with Crippen LogP contribution in [0.5, 0.6) is 0 Å². The standard InChI is InChI=1S/C26H52NO4/c1-9-21(3)29-16-14-12-11-13-15-17-30-22(4)18-23(10-2)31-24-19-25(5,6)27(28)26(7,8)20-24/h21-24H,9-20H2,1-8H3. The average Bonchev–Trinajstić information content (AvgIpc) is 2.69. The number of unbranched alkanes of at least 4 members (excludes halogenated alkanes) is 4. The van der Waals surface area contributed by atoms with Crippen LogP contribution in [-0.2, 0) is 19.4 Å². The Kier molecular flexibility index (Phi) is 13.2. The summed E-state index contributed by atoms with van der Waals surface area (Å²) in [5, 5.41) is 13.8. The summed E-state index contributed by atoms with van der Waals surface area (Å²) in [4.78, 5) is 0. The minimum Gasteiger partial charge on any atom is -0.379 e. The van der Waals surface area contributed by atoms with E-state index in [1.165, 1.54) is 24.3 Å². The molecule has 1 fully saturated rings. The van der Waals surface area contributed by atoms with Crippen molar-refractivity contribution in [3.63, 3.8) is 0 Å². The summed E-state index contributed by atoms with van der Waals surface area (Å²) in [7, 11) is 0. The van der Waals surface area contributed by atoms with Gasteiger partial charge in [0.25, 0.3) is 0 Å². The van der Waals surface area contributed by atoms with Gasteiger partial charge in [0.05, 0.1) is 24.4 Å². The Bertz CT molecular complexity index is 450. The maximum Gasteiger partial charge on any atom is 0.0615 e. The van der Waals surface area contributed by atoms with Gasteiger partial charge in [0.15, 0.2) is 0 Å². The van der Waals surface area contributed by atoms with E-state index in [1.54, 1.807) is 0 Å². The highest BCUT2D eigenvalue weighted by Crippen LogP contribution is 2.39. The summed E-state index contributed by atoms with van der Waals surface area (Å²) >= 11 is 0. The van der Waals surface area contributed by atoms with Crippen molar-refractivity contribution in [2.75, 3.05) is 13.2 Å². The molecule has 0 saturated carbocycles. The van der Waals surface area contributed by atoms with Crippen LogP contribution in [0.15, 0.2) is 0 Å². The number of hydrogen-bond acceptors (Lipinski definition) is 4. The molecule has 185 valence electrons. The molecule has 0 N–H and O–H groups in total. The minimum absolute atomic E-state index is 0.136. The smallest absolute Gasteiger partial charge is 0.0615 e. The predicted octanol–water partition coefficient (Wildman–Crippen LogP) is 6.71. The third-order valence-electron chi connectivity index (χ3n) is 6.66. The van der Waals surface area contributed by atoms with Gasteiger partial charge in [0.1, 0.15) is 0 Å². The van der Waals surface area contributed by atoms with E-state index in [0.29, 0.717) is 6.10 Å². The molecule has 0 aliphatic carbocycles. The van der Waals surface area contributed by atoms with E-state index < -0.39 is 0 Å². The first kappa shape index (κ1) is 28.8. The van der Waals surface area contributed by atoms with Crippen molar-refractivity contribution in [2.24, 2.45) is 0 Å². The molecule has 1 heterocycles. The van der Waals surface area contributed by atoms with Crippen LogP contribution in [0.1, 0.15) is 120 Å². The lowest BCUT2D eigenvalue weighted by Crippen LogP contribution is -2.60. The second-order valence-electron chi connectivity index (χ2n) is 10.9. The van der Waals surface area contributed by atoms with Gasteiger partial charge >= 0.3 is 0 Å². The summed E-state index contributed by atoms with van der Waals surface area (Å²) in [5.41, 5.74) is -0.763. The molecule has 0 bridgehead atoms. The van der Waals surface area contributed by atoms with Crippen LogP contribution in [-0.4, -0.2) is 53.8 Å². The number of hydroxylamine groups is 2. The van der Waals surface area contributed by atoms with Crippen molar-refractivity contribution in [2.45, 2.75) is 155 Å². The summed E-state index contributed by atoms with van der Waals surface area (Å²) in [5.74, 6) is 0. The van der Waals surface area contributed by atoms with Crippen LogP contribution in [0, 0.1) is 0 Å². The Labute approximate surface area is 193 Å². The van der Waals surface area contributed by atoms with Gasteiger partial charge in [0.2, 0.25) is 0 Å². The molecule has 1 aliphatic rings. The topological polar surface area (TPSA) is 50.8 Å². The van der Waals surface area contributed by atoms with E-state index >= 15 is 0 Å². The number of rotatable bonds is 16. The van der Waals surface area contributed by atoms with Gasteiger partial charge in [-0.2, -0.15) is 0 Å². The lowest BCUT2D eigenvalue weighted by molar-refractivity contribution is -0.303. The fourth-order valence-corrected chi connectivity index (χ4v) is 4.72. The van der Waals surface area contributed by atoms with Crippen molar-refractivity contribution in [1.29, 1.82) is 0 Å². The SMILES string of the molecule is CCC(C)OCCCCCCCOC(C)CC(CC)OC1CC(C)(C)N([O])C(C)(C)C1. The first-order chi connectivity index (χ1) is 14.5. The zero-order valence-electron chi connectivity index (χ0n) is 21.9. The number of hydrogen-bond donors (Lipinski definition) is 0. The summed E-state index contributed by atoms with van der Waals surface area (Å²) in [6.45, 7) is 18.5. The second kappa shape index (κ2) is 14.1. The zero-order chi connectivity index (χ0) is 23.5. The molecule has 0 aromatic heterocycles. The first-order valence-electron chi connectivity index (χ1n) is 12.9. The number of piperidine rings is 1. The van der Waals surface area contributed by atoms with Crippen LogP contribution in [0.2, 0.25) is 0 Å². The highest BCUT2D eigenvalue weighted by Gasteiger charge is 2.47. The molecule has 5 nitrogen and oxygen atoms in total. The lowest BCUT2D eigenvalue weighted by Gasteiger charge is -2.50. The molecule has 5 heteroatoms. The van der Waals surface area contributed by atoms with Gasteiger partial charge in [-0.25, -0.2) is 0 Å². The van der Waals surface area contributed by atoms with Crippen molar-refractivity contribution < 1.29 is 19.4 Å². The molecular weight excluding hydrogens is 390 g/mol. The Balaban J connectivity index is 2.20. The van der Waals surface area contributed by atoms with Crippen molar-refractivity contribution in [1.82, 2.24) is 5.06 Å². The van der Waals surface area contributed by atoms with E-state index in [1.807, 2.05) is 27.7 Å². The lowest BCUT2D eigenvalue weighted by atomic mass is 9.80. The zero-order valence-corrected chi connectivity index (χ0v) is 21.9. The molecular formula is C26H52NO4. The maximum atomic E-state index is 12.6. The number of nitrogens with zero attached hydrogens (tertiary/aromatic N) is 1.